The summed E-state index contributed by atoms with van der Waals surface area (Å²) in [5, 5.41) is 12.2. The van der Waals surface area contributed by atoms with E-state index in [1.165, 1.54) is 109 Å². The lowest BCUT2D eigenvalue weighted by Gasteiger charge is -2.13. The van der Waals surface area contributed by atoms with Crippen LogP contribution >= 0.6 is 0 Å². The third-order valence-corrected chi connectivity index (χ3v) is 5.55. The Hall–Kier alpha value is -0.900. The number of aliphatic carboxylic acids is 1. The minimum absolute atomic E-state index is 0.342. The molecule has 0 aliphatic heterocycles. The van der Waals surface area contributed by atoms with E-state index < -0.39 is 5.97 Å². The molecule has 0 aromatic carbocycles. The van der Waals surface area contributed by atoms with Crippen molar-refractivity contribution in [2.75, 3.05) is 6.54 Å². The number of nitrogens with one attached hydrogen (secondary N) is 1. The van der Waals surface area contributed by atoms with Gasteiger partial charge in [0.25, 0.3) is 0 Å². The van der Waals surface area contributed by atoms with Gasteiger partial charge in [-0.15, -0.1) is 0 Å². The van der Waals surface area contributed by atoms with Gasteiger partial charge in [0, 0.05) is 12.5 Å². The Labute approximate surface area is 181 Å². The molecule has 4 heteroatoms. The van der Waals surface area contributed by atoms with Crippen molar-refractivity contribution in [2.24, 2.45) is 0 Å². The van der Waals surface area contributed by atoms with Gasteiger partial charge in [0.15, 0.2) is 0 Å². The van der Waals surface area contributed by atoms with Crippen LogP contribution in [0.25, 0.3) is 0 Å². The van der Waals surface area contributed by atoms with Gasteiger partial charge >= 0.3 is 5.97 Å². The fourth-order valence-electron chi connectivity index (χ4n) is 3.67. The maximum atomic E-state index is 10.4. The fraction of sp³-hybridized carbons (Fsp3) is 0.920. The predicted molar refractivity (Wildman–Crippen MR) is 126 cm³/mol. The molecule has 0 aliphatic rings. The van der Waals surface area contributed by atoms with Crippen molar-refractivity contribution >= 4 is 12.8 Å². The van der Waals surface area contributed by atoms with Gasteiger partial charge in [0.05, 0.1) is 0 Å². The molecule has 0 bridgehead atoms. The second kappa shape index (κ2) is 27.1. The zero-order chi connectivity index (χ0) is 22.0. The van der Waals surface area contributed by atoms with E-state index in [-0.39, 0.29) is 0 Å². The number of carboxylic acid groups (broad SMARTS) is 1. The Morgan fingerprint density at radius 1 is 0.724 bits per heavy atom. The first-order chi connectivity index (χ1) is 14.2. The van der Waals surface area contributed by atoms with Crippen LogP contribution < -0.4 is 5.32 Å². The number of hydrogen-bond acceptors (Lipinski definition) is 3. The Morgan fingerprint density at radius 2 is 1.14 bits per heavy atom. The lowest BCUT2D eigenvalue weighted by atomic mass is 10.0. The lowest BCUT2D eigenvalue weighted by molar-refractivity contribution is -0.137. The summed E-state index contributed by atoms with van der Waals surface area (Å²) < 4.78 is 0. The highest BCUT2D eigenvalue weighted by molar-refractivity contribution is 5.66. The molecule has 29 heavy (non-hydrogen) atoms. The van der Waals surface area contributed by atoms with Crippen molar-refractivity contribution < 1.29 is 14.7 Å². The highest BCUT2D eigenvalue weighted by atomic mass is 16.4. The van der Waals surface area contributed by atoms with E-state index in [1.54, 1.807) is 0 Å². The largest absolute Gasteiger partial charge is 0.481 e. The zero-order valence-electron chi connectivity index (χ0n) is 19.7. The first-order valence-electron chi connectivity index (χ1n) is 12.4. The molecule has 0 saturated heterocycles. The van der Waals surface area contributed by atoms with Crippen molar-refractivity contribution in [1.29, 1.82) is 0 Å². The molecule has 1 unspecified atom stereocenters. The Morgan fingerprint density at radius 3 is 1.55 bits per heavy atom. The Balaban J connectivity index is 0. The van der Waals surface area contributed by atoms with Crippen LogP contribution in [0.4, 0.5) is 0 Å². The highest BCUT2D eigenvalue weighted by Gasteiger charge is 2.00. The van der Waals surface area contributed by atoms with Gasteiger partial charge in [0.2, 0.25) is 0 Å². The van der Waals surface area contributed by atoms with E-state index in [4.69, 9.17) is 9.90 Å². The number of hydrogen-bond donors (Lipinski definition) is 2. The molecule has 2 N–H and O–H groups in total. The topological polar surface area (TPSA) is 66.4 Å². The normalized spacial score (nSPS) is 11.7. The van der Waals surface area contributed by atoms with Gasteiger partial charge in [0.1, 0.15) is 6.79 Å². The molecule has 0 spiro atoms. The summed E-state index contributed by atoms with van der Waals surface area (Å²) in [7, 11) is 0. The molecule has 0 amide bonds. The summed E-state index contributed by atoms with van der Waals surface area (Å²) in [5.41, 5.74) is 0. The standard InChI is InChI=1S/C24H49NO2.CH2O/c1-3-4-19-22-25-23(2)20-17-15-13-11-9-7-5-6-8-10-12-14-16-18-21-24(26)27;1-2/h23,25H,3-22H2,1-2H3,(H,26,27);1H2. The van der Waals surface area contributed by atoms with Gasteiger partial charge in [-0.25, -0.2) is 0 Å². The Bertz CT molecular complexity index is 323. The van der Waals surface area contributed by atoms with Crippen LogP contribution in [-0.2, 0) is 9.59 Å². The van der Waals surface area contributed by atoms with Crippen LogP contribution in [0.3, 0.4) is 0 Å². The van der Waals surface area contributed by atoms with Crippen LogP contribution in [-0.4, -0.2) is 30.5 Å². The average Bonchev–Trinajstić information content (AvgIpc) is 2.72. The van der Waals surface area contributed by atoms with Crippen molar-refractivity contribution in [3.05, 3.63) is 0 Å². The van der Waals surface area contributed by atoms with Gasteiger partial charge in [-0.1, -0.05) is 103 Å². The fourth-order valence-corrected chi connectivity index (χ4v) is 3.67. The zero-order valence-corrected chi connectivity index (χ0v) is 19.7. The van der Waals surface area contributed by atoms with Crippen LogP contribution in [0.5, 0.6) is 0 Å². The lowest BCUT2D eigenvalue weighted by Crippen LogP contribution is -2.26. The molecule has 4 nitrogen and oxygen atoms in total. The molecule has 0 aromatic rings. The van der Waals surface area contributed by atoms with Crippen LogP contribution in [0.15, 0.2) is 0 Å². The minimum atomic E-state index is -0.653. The maximum absolute atomic E-state index is 10.4. The number of carbonyl (C=O) groups is 2. The molecule has 0 fully saturated rings. The molecule has 0 heterocycles. The molecule has 1 atom stereocenters. The molecule has 0 aromatic heterocycles. The summed E-state index contributed by atoms with van der Waals surface area (Å²) in [6, 6.07) is 0.694. The van der Waals surface area contributed by atoms with Crippen LogP contribution in [0, 0.1) is 0 Å². The maximum Gasteiger partial charge on any atom is 0.303 e. The van der Waals surface area contributed by atoms with E-state index in [2.05, 4.69) is 19.2 Å². The second-order valence-electron chi connectivity index (χ2n) is 8.44. The number of carbonyl (C=O) groups excluding carboxylic acids is 1. The molecule has 0 aliphatic carbocycles. The van der Waals surface area contributed by atoms with E-state index >= 15 is 0 Å². The molecular formula is C25H51NO3. The van der Waals surface area contributed by atoms with E-state index in [9.17, 15) is 4.79 Å². The van der Waals surface area contributed by atoms with Crippen molar-refractivity contribution in [2.45, 2.75) is 142 Å². The molecule has 0 radical (unpaired) electrons. The third-order valence-electron chi connectivity index (χ3n) is 5.55. The summed E-state index contributed by atoms with van der Waals surface area (Å²) >= 11 is 0. The van der Waals surface area contributed by atoms with Gasteiger partial charge in [-0.05, 0) is 32.7 Å². The second-order valence-corrected chi connectivity index (χ2v) is 8.44. The SMILES string of the molecule is C=O.CCCCCNC(C)CCCCCCCCCCCCCCCCC(=O)O. The molecule has 0 rings (SSSR count). The average molecular weight is 414 g/mol. The van der Waals surface area contributed by atoms with E-state index in [0.29, 0.717) is 12.5 Å². The number of rotatable bonds is 22. The highest BCUT2D eigenvalue weighted by Crippen LogP contribution is 2.14. The minimum Gasteiger partial charge on any atom is -0.481 e. The first kappa shape index (κ1) is 30.3. The molecule has 0 saturated carbocycles. The van der Waals surface area contributed by atoms with Crippen LogP contribution in [0.1, 0.15) is 136 Å². The third kappa shape index (κ3) is 29.4. The smallest absolute Gasteiger partial charge is 0.303 e. The van der Waals surface area contributed by atoms with Gasteiger partial charge in [-0.2, -0.15) is 0 Å². The number of carboxylic acids is 1. The number of unbranched alkanes of at least 4 members (excludes halogenated alkanes) is 15. The summed E-state index contributed by atoms with van der Waals surface area (Å²) in [5.74, 6) is -0.653. The Kier molecular flexibility index (Phi) is 28.3. The van der Waals surface area contributed by atoms with Gasteiger partial charge in [-0.3, -0.25) is 4.79 Å². The van der Waals surface area contributed by atoms with Crippen molar-refractivity contribution in [3.63, 3.8) is 0 Å². The van der Waals surface area contributed by atoms with Crippen molar-refractivity contribution in [3.8, 4) is 0 Å². The molecule has 174 valence electrons. The predicted octanol–water partition coefficient (Wildman–Crippen LogP) is 7.30. The van der Waals surface area contributed by atoms with Crippen LogP contribution in [0.2, 0.25) is 0 Å². The summed E-state index contributed by atoms with van der Waals surface area (Å²) in [4.78, 5) is 18.4. The van der Waals surface area contributed by atoms with Gasteiger partial charge < -0.3 is 15.2 Å². The van der Waals surface area contributed by atoms with E-state index in [0.717, 1.165) is 12.8 Å². The molecular weight excluding hydrogens is 362 g/mol. The monoisotopic (exact) mass is 413 g/mol. The van der Waals surface area contributed by atoms with Crippen molar-refractivity contribution in [1.82, 2.24) is 5.32 Å². The first-order valence-corrected chi connectivity index (χ1v) is 12.4. The summed E-state index contributed by atoms with van der Waals surface area (Å²) in [6.07, 6.45) is 24.0. The van der Waals surface area contributed by atoms with E-state index in [1.807, 2.05) is 6.79 Å². The quantitative estimate of drug-likeness (QED) is 0.183. The summed E-state index contributed by atoms with van der Waals surface area (Å²) in [6.45, 7) is 7.79.